The van der Waals surface area contributed by atoms with Crippen LogP contribution < -0.4 is 0 Å². The average molecular weight is 276 g/mol. The van der Waals surface area contributed by atoms with Crippen LogP contribution in [0, 0.1) is 11.7 Å². The highest BCUT2D eigenvalue weighted by Crippen LogP contribution is 2.23. The summed E-state index contributed by atoms with van der Waals surface area (Å²) in [6.07, 6.45) is 0.911. The van der Waals surface area contributed by atoms with Gasteiger partial charge < -0.3 is 4.90 Å². The van der Waals surface area contributed by atoms with E-state index in [0.29, 0.717) is 30.5 Å². The van der Waals surface area contributed by atoms with E-state index in [-0.39, 0.29) is 10.9 Å². The van der Waals surface area contributed by atoms with Gasteiger partial charge >= 0.3 is 0 Å². The Morgan fingerprint density at radius 1 is 1.53 bits per heavy atom. The van der Waals surface area contributed by atoms with Gasteiger partial charge in [-0.3, -0.25) is 4.79 Å². The lowest BCUT2D eigenvalue weighted by Crippen LogP contribution is -2.29. The predicted octanol–water partition coefficient (Wildman–Crippen LogP) is 3.18. The van der Waals surface area contributed by atoms with E-state index in [9.17, 15) is 9.18 Å². The van der Waals surface area contributed by atoms with Gasteiger partial charge in [0.25, 0.3) is 5.91 Å². The van der Waals surface area contributed by atoms with E-state index in [1.807, 2.05) is 0 Å². The minimum Gasteiger partial charge on any atom is -0.338 e. The first-order chi connectivity index (χ1) is 8.11. The van der Waals surface area contributed by atoms with Crippen molar-refractivity contribution in [2.24, 2.45) is 5.92 Å². The van der Waals surface area contributed by atoms with E-state index in [2.05, 4.69) is 0 Å². The van der Waals surface area contributed by atoms with Crippen LogP contribution in [0.25, 0.3) is 0 Å². The second-order valence-corrected chi connectivity index (χ2v) is 4.90. The summed E-state index contributed by atoms with van der Waals surface area (Å²) in [7, 11) is 0. The quantitative estimate of drug-likeness (QED) is 0.760. The van der Waals surface area contributed by atoms with Crippen molar-refractivity contribution in [2.45, 2.75) is 6.42 Å². The monoisotopic (exact) mass is 275 g/mol. The van der Waals surface area contributed by atoms with Crippen LogP contribution in [0.5, 0.6) is 0 Å². The minimum atomic E-state index is -0.438. The molecule has 0 aromatic heterocycles. The minimum absolute atomic E-state index is 0.150. The van der Waals surface area contributed by atoms with Gasteiger partial charge in [0.2, 0.25) is 0 Å². The molecule has 0 saturated carbocycles. The number of carbonyl (C=O) groups excluding carboxylic acids is 1. The Bertz CT molecular complexity index is 439. The number of hydrogen-bond acceptors (Lipinski definition) is 1. The number of halogens is 3. The third-order valence-corrected chi connectivity index (χ3v) is 3.70. The van der Waals surface area contributed by atoms with E-state index < -0.39 is 5.82 Å². The van der Waals surface area contributed by atoms with Crippen LogP contribution in [0.1, 0.15) is 16.8 Å². The maximum absolute atomic E-state index is 12.9. The molecule has 1 heterocycles. The normalized spacial score (nSPS) is 19.7. The Labute approximate surface area is 109 Å². The number of rotatable bonds is 2. The van der Waals surface area contributed by atoms with Gasteiger partial charge in [0.1, 0.15) is 5.82 Å². The first kappa shape index (κ1) is 12.7. The molecule has 0 N–H and O–H groups in total. The second-order valence-electron chi connectivity index (χ2n) is 4.18. The van der Waals surface area contributed by atoms with Gasteiger partial charge in [-0.2, -0.15) is 0 Å². The van der Waals surface area contributed by atoms with Crippen LogP contribution in [0.2, 0.25) is 5.02 Å². The molecule has 17 heavy (non-hydrogen) atoms. The molecule has 0 spiro atoms. The van der Waals surface area contributed by atoms with Gasteiger partial charge in [-0.05, 0) is 30.5 Å². The lowest BCUT2D eigenvalue weighted by molar-refractivity contribution is 0.0788. The Morgan fingerprint density at radius 3 is 2.88 bits per heavy atom. The standard InChI is InChI=1S/C12H12Cl2FNO/c13-6-8-3-4-16(7-8)12(17)10-2-1-9(15)5-11(10)14/h1-2,5,8H,3-4,6-7H2. The highest BCUT2D eigenvalue weighted by Gasteiger charge is 2.27. The zero-order chi connectivity index (χ0) is 12.4. The van der Waals surface area contributed by atoms with Gasteiger partial charge in [-0.25, -0.2) is 4.39 Å². The van der Waals surface area contributed by atoms with Crippen molar-refractivity contribution in [3.05, 3.63) is 34.6 Å². The molecule has 1 amide bonds. The molecule has 1 fully saturated rings. The molecule has 2 rings (SSSR count). The van der Waals surface area contributed by atoms with Crippen LogP contribution in [0.15, 0.2) is 18.2 Å². The second kappa shape index (κ2) is 5.23. The van der Waals surface area contributed by atoms with Crippen molar-refractivity contribution in [1.82, 2.24) is 4.90 Å². The fraction of sp³-hybridized carbons (Fsp3) is 0.417. The molecule has 1 unspecified atom stereocenters. The van der Waals surface area contributed by atoms with Crippen molar-refractivity contribution in [3.8, 4) is 0 Å². The zero-order valence-electron chi connectivity index (χ0n) is 9.13. The van der Waals surface area contributed by atoms with Gasteiger partial charge in [0.05, 0.1) is 10.6 Å². The molecule has 1 aromatic rings. The summed E-state index contributed by atoms with van der Waals surface area (Å²) in [5, 5.41) is 0.157. The number of alkyl halides is 1. The molecule has 1 saturated heterocycles. The van der Waals surface area contributed by atoms with Crippen molar-refractivity contribution >= 4 is 29.1 Å². The number of nitrogens with zero attached hydrogens (tertiary/aromatic N) is 1. The molecule has 0 bridgehead atoms. The summed E-state index contributed by atoms with van der Waals surface area (Å²) in [6.45, 7) is 1.33. The lowest BCUT2D eigenvalue weighted by atomic mass is 10.1. The van der Waals surface area contributed by atoms with Crippen molar-refractivity contribution < 1.29 is 9.18 Å². The van der Waals surface area contributed by atoms with Gasteiger partial charge in [-0.15, -0.1) is 11.6 Å². The third-order valence-electron chi connectivity index (χ3n) is 2.95. The maximum atomic E-state index is 12.9. The SMILES string of the molecule is O=C(c1ccc(F)cc1Cl)N1CCC(CCl)C1. The predicted molar refractivity (Wildman–Crippen MR) is 66.1 cm³/mol. The molecular formula is C12H12Cl2FNO. The summed E-state index contributed by atoms with van der Waals surface area (Å²) >= 11 is 11.6. The fourth-order valence-electron chi connectivity index (χ4n) is 1.98. The van der Waals surface area contributed by atoms with Crippen molar-refractivity contribution in [3.63, 3.8) is 0 Å². The molecule has 2 nitrogen and oxygen atoms in total. The number of hydrogen-bond donors (Lipinski definition) is 0. The number of benzene rings is 1. The Morgan fingerprint density at radius 2 is 2.29 bits per heavy atom. The number of amides is 1. The molecule has 1 aromatic carbocycles. The molecule has 92 valence electrons. The summed E-state index contributed by atoms with van der Waals surface area (Å²) < 4.78 is 12.9. The van der Waals surface area contributed by atoms with Crippen LogP contribution in [0.4, 0.5) is 4.39 Å². The number of likely N-dealkylation sites (tertiary alicyclic amines) is 1. The largest absolute Gasteiger partial charge is 0.338 e. The highest BCUT2D eigenvalue weighted by atomic mass is 35.5. The molecule has 0 radical (unpaired) electrons. The maximum Gasteiger partial charge on any atom is 0.255 e. The molecule has 1 aliphatic rings. The smallest absolute Gasteiger partial charge is 0.255 e. The van der Waals surface area contributed by atoms with E-state index in [0.717, 1.165) is 12.5 Å². The first-order valence-electron chi connectivity index (χ1n) is 5.42. The van der Waals surface area contributed by atoms with E-state index in [1.165, 1.54) is 12.1 Å². The number of carbonyl (C=O) groups is 1. The zero-order valence-corrected chi connectivity index (χ0v) is 10.6. The third kappa shape index (κ3) is 2.72. The van der Waals surface area contributed by atoms with Crippen LogP contribution in [-0.4, -0.2) is 29.8 Å². The van der Waals surface area contributed by atoms with E-state index in [4.69, 9.17) is 23.2 Å². The molecule has 1 aliphatic heterocycles. The first-order valence-corrected chi connectivity index (χ1v) is 6.33. The molecule has 1 atom stereocenters. The summed E-state index contributed by atoms with van der Waals surface area (Å²) in [6, 6.07) is 3.83. The van der Waals surface area contributed by atoms with Crippen LogP contribution >= 0.6 is 23.2 Å². The highest BCUT2D eigenvalue weighted by molar-refractivity contribution is 6.33. The fourth-order valence-corrected chi connectivity index (χ4v) is 2.48. The summed E-state index contributed by atoms with van der Waals surface area (Å²) in [5.41, 5.74) is 0.350. The Balaban J connectivity index is 2.15. The molecule has 5 heteroatoms. The molecular weight excluding hydrogens is 264 g/mol. The van der Waals surface area contributed by atoms with Gasteiger partial charge in [-0.1, -0.05) is 11.6 Å². The van der Waals surface area contributed by atoms with E-state index in [1.54, 1.807) is 4.90 Å². The van der Waals surface area contributed by atoms with Crippen LogP contribution in [-0.2, 0) is 0 Å². The van der Waals surface area contributed by atoms with Crippen molar-refractivity contribution in [1.29, 1.82) is 0 Å². The summed E-state index contributed by atoms with van der Waals surface area (Å²) in [4.78, 5) is 13.8. The van der Waals surface area contributed by atoms with Gasteiger partial charge in [0, 0.05) is 19.0 Å². The average Bonchev–Trinajstić information content (AvgIpc) is 2.76. The summed E-state index contributed by atoms with van der Waals surface area (Å²) in [5.74, 6) is 0.315. The topological polar surface area (TPSA) is 20.3 Å². The van der Waals surface area contributed by atoms with Crippen LogP contribution in [0.3, 0.4) is 0 Å². The van der Waals surface area contributed by atoms with Gasteiger partial charge in [0.15, 0.2) is 0 Å². The lowest BCUT2D eigenvalue weighted by Gasteiger charge is -2.16. The molecule has 0 aliphatic carbocycles. The van der Waals surface area contributed by atoms with E-state index >= 15 is 0 Å². The van der Waals surface area contributed by atoms with Crippen molar-refractivity contribution in [2.75, 3.05) is 19.0 Å². The Kier molecular flexibility index (Phi) is 3.89. The Hall–Kier alpha value is -0.800.